The summed E-state index contributed by atoms with van der Waals surface area (Å²) in [4.78, 5) is 0. The topological polar surface area (TPSA) is 4.93 Å². The fourth-order valence-corrected chi connectivity index (χ4v) is 1.72. The van der Waals surface area contributed by atoms with Crippen molar-refractivity contribution in [2.45, 2.75) is 52.5 Å². The summed E-state index contributed by atoms with van der Waals surface area (Å²) in [6, 6.07) is 4.19. The van der Waals surface area contributed by atoms with Crippen molar-refractivity contribution in [1.82, 2.24) is 4.57 Å². The van der Waals surface area contributed by atoms with Gasteiger partial charge in [-0.2, -0.15) is 0 Å². The maximum atomic E-state index is 2.31. The normalized spacial score (nSPS) is 11.1. The van der Waals surface area contributed by atoms with E-state index in [4.69, 9.17) is 0 Å². The van der Waals surface area contributed by atoms with E-state index >= 15 is 0 Å². The molecule has 1 nitrogen and oxygen atoms in total. The van der Waals surface area contributed by atoms with Gasteiger partial charge in [0.25, 0.3) is 0 Å². The quantitative estimate of drug-likeness (QED) is 0.575. The van der Waals surface area contributed by atoms with Crippen molar-refractivity contribution in [3.05, 3.63) is 24.5 Å². The lowest BCUT2D eigenvalue weighted by Crippen LogP contribution is -1.94. The summed E-state index contributed by atoms with van der Waals surface area (Å²) < 4.78 is 2.27. The van der Waals surface area contributed by atoms with Gasteiger partial charge in [0, 0.05) is 18.9 Å². The molecule has 0 unspecified atom stereocenters. The number of unbranched alkanes of at least 4 members (excludes halogenated alkanes) is 3. The van der Waals surface area contributed by atoms with Gasteiger partial charge in [0.05, 0.1) is 0 Å². The molecule has 0 aliphatic carbocycles. The Morgan fingerprint density at radius 1 is 0.929 bits per heavy atom. The Labute approximate surface area is 88.1 Å². The first-order chi connectivity index (χ1) is 6.79. The zero-order valence-corrected chi connectivity index (χ0v) is 9.58. The molecule has 0 spiro atoms. The van der Waals surface area contributed by atoms with Gasteiger partial charge in [0.15, 0.2) is 0 Å². The minimum absolute atomic E-state index is 0.874. The van der Waals surface area contributed by atoms with Gasteiger partial charge in [-0.3, -0.25) is 0 Å². The van der Waals surface area contributed by atoms with E-state index in [0.717, 1.165) is 5.92 Å². The predicted molar refractivity (Wildman–Crippen MR) is 62.4 cm³/mol. The van der Waals surface area contributed by atoms with E-state index < -0.39 is 0 Å². The molecular formula is C13H23N. The van der Waals surface area contributed by atoms with E-state index in [2.05, 4.69) is 42.9 Å². The lowest BCUT2D eigenvalue weighted by Gasteiger charge is -2.05. The highest BCUT2D eigenvalue weighted by atomic mass is 14.9. The summed E-state index contributed by atoms with van der Waals surface area (Å²) in [5.74, 6) is 0.874. The summed E-state index contributed by atoms with van der Waals surface area (Å²) in [7, 11) is 0. The van der Waals surface area contributed by atoms with E-state index in [1.54, 1.807) is 0 Å². The van der Waals surface area contributed by atoms with Crippen LogP contribution in [0.4, 0.5) is 0 Å². The second kappa shape index (κ2) is 6.69. The highest BCUT2D eigenvalue weighted by Gasteiger charge is 1.94. The Kier molecular flexibility index (Phi) is 5.43. The molecule has 1 heterocycles. The van der Waals surface area contributed by atoms with Gasteiger partial charge in [-0.25, -0.2) is 0 Å². The first-order valence-electron chi connectivity index (χ1n) is 5.90. The van der Waals surface area contributed by atoms with Crippen LogP contribution < -0.4 is 0 Å². The summed E-state index contributed by atoms with van der Waals surface area (Å²) in [6.07, 6.45) is 11.2. The monoisotopic (exact) mass is 193 g/mol. The number of rotatable bonds is 7. The van der Waals surface area contributed by atoms with Crippen LogP contribution in [0.15, 0.2) is 24.5 Å². The molecule has 0 N–H and O–H groups in total. The van der Waals surface area contributed by atoms with Gasteiger partial charge in [-0.1, -0.05) is 39.5 Å². The molecular weight excluding hydrogens is 170 g/mol. The number of hydrogen-bond donors (Lipinski definition) is 0. The van der Waals surface area contributed by atoms with E-state index in [9.17, 15) is 0 Å². The molecule has 0 saturated heterocycles. The molecule has 80 valence electrons. The molecule has 1 aromatic heterocycles. The average Bonchev–Trinajstić information content (AvgIpc) is 2.63. The molecule has 1 aromatic rings. The van der Waals surface area contributed by atoms with Crippen molar-refractivity contribution in [2.24, 2.45) is 5.92 Å². The van der Waals surface area contributed by atoms with Crippen LogP contribution >= 0.6 is 0 Å². The Morgan fingerprint density at radius 3 is 2.21 bits per heavy atom. The van der Waals surface area contributed by atoms with Crippen LogP contribution in [0.3, 0.4) is 0 Å². The third kappa shape index (κ3) is 5.11. The van der Waals surface area contributed by atoms with Crippen molar-refractivity contribution in [2.75, 3.05) is 0 Å². The van der Waals surface area contributed by atoms with Crippen molar-refractivity contribution in [1.29, 1.82) is 0 Å². The molecule has 0 atom stereocenters. The Balaban J connectivity index is 1.90. The Bertz CT molecular complexity index is 211. The molecule has 0 fully saturated rings. The number of nitrogens with zero attached hydrogens (tertiary/aromatic N) is 1. The fraction of sp³-hybridized carbons (Fsp3) is 0.692. The molecule has 14 heavy (non-hydrogen) atoms. The van der Waals surface area contributed by atoms with Gasteiger partial charge in [0.1, 0.15) is 0 Å². The summed E-state index contributed by atoms with van der Waals surface area (Å²) >= 11 is 0. The van der Waals surface area contributed by atoms with Crippen LogP contribution in [0.5, 0.6) is 0 Å². The lowest BCUT2D eigenvalue weighted by molar-refractivity contribution is 0.506. The standard InChI is InChI=1S/C13H23N/c1-13(2)9-5-3-4-6-10-14-11-7-8-12-14/h7-8,11-13H,3-6,9-10H2,1-2H3. The van der Waals surface area contributed by atoms with Crippen LogP contribution in [0.25, 0.3) is 0 Å². The first-order valence-corrected chi connectivity index (χ1v) is 5.90. The molecule has 0 aliphatic heterocycles. The second-order valence-corrected chi connectivity index (χ2v) is 4.52. The van der Waals surface area contributed by atoms with Crippen LogP contribution in [0.1, 0.15) is 46.0 Å². The minimum atomic E-state index is 0.874. The molecule has 0 aromatic carbocycles. The molecule has 0 aliphatic rings. The fourth-order valence-electron chi connectivity index (χ4n) is 1.72. The van der Waals surface area contributed by atoms with E-state index in [-0.39, 0.29) is 0 Å². The molecule has 1 heteroatoms. The van der Waals surface area contributed by atoms with Gasteiger partial charge in [-0.15, -0.1) is 0 Å². The SMILES string of the molecule is CC(C)CCCCCCn1cccc1. The van der Waals surface area contributed by atoms with E-state index in [1.165, 1.54) is 38.6 Å². The summed E-state index contributed by atoms with van der Waals surface area (Å²) in [5.41, 5.74) is 0. The zero-order chi connectivity index (χ0) is 10.2. The van der Waals surface area contributed by atoms with E-state index in [0.29, 0.717) is 0 Å². The van der Waals surface area contributed by atoms with Gasteiger partial charge >= 0.3 is 0 Å². The lowest BCUT2D eigenvalue weighted by atomic mass is 10.0. The number of hydrogen-bond acceptors (Lipinski definition) is 0. The highest BCUT2D eigenvalue weighted by Crippen LogP contribution is 2.09. The maximum Gasteiger partial charge on any atom is 0.0219 e. The molecule has 0 saturated carbocycles. The third-order valence-corrected chi connectivity index (χ3v) is 2.61. The molecule has 0 radical (unpaired) electrons. The van der Waals surface area contributed by atoms with Gasteiger partial charge in [-0.05, 0) is 24.5 Å². The minimum Gasteiger partial charge on any atom is -0.354 e. The first kappa shape index (κ1) is 11.4. The highest BCUT2D eigenvalue weighted by molar-refractivity contribution is 4.89. The molecule has 0 bridgehead atoms. The Hall–Kier alpha value is -0.720. The van der Waals surface area contributed by atoms with Gasteiger partial charge in [0.2, 0.25) is 0 Å². The smallest absolute Gasteiger partial charge is 0.0219 e. The summed E-state index contributed by atoms with van der Waals surface area (Å²) in [6.45, 7) is 5.80. The average molecular weight is 193 g/mol. The van der Waals surface area contributed by atoms with Gasteiger partial charge < -0.3 is 4.57 Å². The predicted octanol–water partition coefficient (Wildman–Crippen LogP) is 4.09. The molecule has 0 amide bonds. The third-order valence-electron chi connectivity index (χ3n) is 2.61. The summed E-state index contributed by atoms with van der Waals surface area (Å²) in [5, 5.41) is 0. The Morgan fingerprint density at radius 2 is 1.57 bits per heavy atom. The van der Waals surface area contributed by atoms with Crippen LogP contribution in [0, 0.1) is 5.92 Å². The second-order valence-electron chi connectivity index (χ2n) is 4.52. The van der Waals surface area contributed by atoms with Crippen LogP contribution in [0.2, 0.25) is 0 Å². The van der Waals surface area contributed by atoms with Crippen LogP contribution in [-0.4, -0.2) is 4.57 Å². The van der Waals surface area contributed by atoms with Crippen molar-refractivity contribution in [3.8, 4) is 0 Å². The largest absolute Gasteiger partial charge is 0.354 e. The van der Waals surface area contributed by atoms with E-state index in [1.807, 2.05) is 0 Å². The number of aryl methyl sites for hydroxylation is 1. The zero-order valence-electron chi connectivity index (χ0n) is 9.58. The van der Waals surface area contributed by atoms with Crippen molar-refractivity contribution in [3.63, 3.8) is 0 Å². The number of aromatic nitrogens is 1. The van der Waals surface area contributed by atoms with Crippen LogP contribution in [-0.2, 0) is 6.54 Å². The molecule has 1 rings (SSSR count). The maximum absolute atomic E-state index is 2.31. The van der Waals surface area contributed by atoms with Crippen molar-refractivity contribution < 1.29 is 0 Å². The van der Waals surface area contributed by atoms with Crippen molar-refractivity contribution >= 4 is 0 Å².